The minimum absolute atomic E-state index is 0.0602. The van der Waals surface area contributed by atoms with Gasteiger partial charge in [0, 0.05) is 31.8 Å². The summed E-state index contributed by atoms with van der Waals surface area (Å²) in [6.07, 6.45) is 0. The second kappa shape index (κ2) is 10.6. The van der Waals surface area contributed by atoms with Gasteiger partial charge in [0.2, 0.25) is 10.0 Å². The Morgan fingerprint density at radius 2 is 1.81 bits per heavy atom. The van der Waals surface area contributed by atoms with Gasteiger partial charge in [-0.25, -0.2) is 8.42 Å². The maximum atomic E-state index is 13.0. The highest BCUT2D eigenvalue weighted by Crippen LogP contribution is 2.32. The molecule has 192 valence electrons. The number of rotatable bonds is 8. The van der Waals surface area contributed by atoms with Crippen molar-refractivity contribution >= 4 is 43.2 Å². The first-order chi connectivity index (χ1) is 17.6. The van der Waals surface area contributed by atoms with Crippen LogP contribution in [0.3, 0.4) is 0 Å². The third-order valence-corrected chi connectivity index (χ3v) is 8.57. The van der Waals surface area contributed by atoms with Gasteiger partial charge in [-0.2, -0.15) is 9.30 Å². The Kier molecular flexibility index (Phi) is 7.52. The molecular weight excluding hydrogens is 516 g/mol. The van der Waals surface area contributed by atoms with Crippen molar-refractivity contribution in [1.82, 2.24) is 8.87 Å². The molecule has 1 heterocycles. The number of hydrogen-bond donors (Lipinski definition) is 0. The van der Waals surface area contributed by atoms with Crippen molar-refractivity contribution in [2.45, 2.75) is 24.9 Å². The predicted molar refractivity (Wildman–Crippen MR) is 140 cm³/mol. The lowest BCUT2D eigenvalue weighted by molar-refractivity contribution is -0.384. The summed E-state index contributed by atoms with van der Waals surface area (Å²) in [5, 5.41) is 11.3. The second-order valence-electron chi connectivity index (χ2n) is 8.07. The first kappa shape index (κ1) is 26.2. The number of methoxy groups -OCH3 is 1. The number of fused-ring (bicyclic) bond motifs is 1. The number of aromatic nitrogens is 1. The average Bonchev–Trinajstić information content (AvgIpc) is 3.25. The molecule has 0 bridgehead atoms. The van der Waals surface area contributed by atoms with Crippen molar-refractivity contribution < 1.29 is 22.9 Å². The fourth-order valence-electron chi connectivity index (χ4n) is 3.83. The number of nitro benzene ring substituents is 1. The van der Waals surface area contributed by atoms with Gasteiger partial charge in [-0.1, -0.05) is 41.7 Å². The molecule has 0 fully saturated rings. The van der Waals surface area contributed by atoms with Crippen molar-refractivity contribution in [1.29, 1.82) is 0 Å². The standard InChI is InChI=1S/C25H24N4O6S2/c1-4-28-23-21(35-3)14-19(29(31)32)15-22(23)36-25(28)26-24(30)18-10-12-20(13-11-18)37(33,34)27(2)16-17-8-6-5-7-9-17/h5-15H,4,16H2,1-3H3. The van der Waals surface area contributed by atoms with Gasteiger partial charge in [0.05, 0.1) is 27.7 Å². The lowest BCUT2D eigenvalue weighted by Gasteiger charge is -2.17. The number of carbonyl (C=O) groups is 1. The molecule has 37 heavy (non-hydrogen) atoms. The maximum Gasteiger partial charge on any atom is 0.279 e. The molecule has 4 aromatic rings. The molecule has 0 atom stereocenters. The van der Waals surface area contributed by atoms with E-state index in [4.69, 9.17) is 4.74 Å². The Morgan fingerprint density at radius 3 is 2.41 bits per heavy atom. The topological polar surface area (TPSA) is 124 Å². The van der Waals surface area contributed by atoms with E-state index in [1.165, 1.54) is 54.9 Å². The van der Waals surface area contributed by atoms with E-state index in [9.17, 15) is 23.3 Å². The van der Waals surface area contributed by atoms with Crippen molar-refractivity contribution in [3.63, 3.8) is 0 Å². The first-order valence-electron chi connectivity index (χ1n) is 11.2. The summed E-state index contributed by atoms with van der Waals surface area (Å²) in [4.78, 5) is 28.4. The number of benzene rings is 3. The molecule has 0 spiro atoms. The number of nitro groups is 1. The van der Waals surface area contributed by atoms with E-state index in [0.717, 1.165) is 16.9 Å². The number of thiazole rings is 1. The summed E-state index contributed by atoms with van der Waals surface area (Å²) in [6, 6.07) is 17.6. The fraction of sp³-hybridized carbons (Fsp3) is 0.200. The third-order valence-electron chi connectivity index (χ3n) is 5.73. The Labute approximate surface area is 217 Å². The SMILES string of the molecule is CCn1c(=NC(=O)c2ccc(S(=O)(=O)N(C)Cc3ccccc3)cc2)sc2cc([N+](=O)[O-])cc(OC)c21. The van der Waals surface area contributed by atoms with Crippen LogP contribution in [0.4, 0.5) is 5.69 Å². The van der Waals surface area contributed by atoms with Crippen molar-refractivity contribution in [3.05, 3.63) is 92.8 Å². The molecule has 0 N–H and O–H groups in total. The molecule has 0 aliphatic heterocycles. The van der Waals surface area contributed by atoms with Gasteiger partial charge >= 0.3 is 0 Å². The van der Waals surface area contributed by atoms with Gasteiger partial charge in [0.25, 0.3) is 11.6 Å². The van der Waals surface area contributed by atoms with E-state index in [1.807, 2.05) is 37.3 Å². The van der Waals surface area contributed by atoms with Crippen LogP contribution in [0, 0.1) is 10.1 Å². The number of aryl methyl sites for hydroxylation is 1. The van der Waals surface area contributed by atoms with Crippen LogP contribution in [0.2, 0.25) is 0 Å². The molecule has 3 aromatic carbocycles. The Hall–Kier alpha value is -3.87. The van der Waals surface area contributed by atoms with Crippen LogP contribution >= 0.6 is 11.3 Å². The zero-order valence-electron chi connectivity index (χ0n) is 20.3. The first-order valence-corrected chi connectivity index (χ1v) is 13.5. The number of sulfonamides is 1. The molecule has 0 radical (unpaired) electrons. The van der Waals surface area contributed by atoms with Crippen LogP contribution in [-0.4, -0.2) is 42.3 Å². The van der Waals surface area contributed by atoms with E-state index in [2.05, 4.69) is 4.99 Å². The van der Waals surface area contributed by atoms with Crippen molar-refractivity contribution in [3.8, 4) is 5.75 Å². The monoisotopic (exact) mass is 540 g/mol. The highest BCUT2D eigenvalue weighted by Gasteiger charge is 2.22. The number of non-ortho nitro benzene ring substituents is 1. The molecule has 0 unspecified atom stereocenters. The van der Waals surface area contributed by atoms with E-state index in [-0.39, 0.29) is 22.7 Å². The number of nitrogens with zero attached hydrogens (tertiary/aromatic N) is 4. The molecule has 0 aliphatic carbocycles. The van der Waals surface area contributed by atoms with Crippen LogP contribution in [0.25, 0.3) is 10.2 Å². The zero-order valence-corrected chi connectivity index (χ0v) is 22.0. The molecule has 10 nitrogen and oxygen atoms in total. The minimum Gasteiger partial charge on any atom is -0.494 e. The number of hydrogen-bond acceptors (Lipinski definition) is 7. The Bertz CT molecular complexity index is 1640. The Balaban J connectivity index is 1.65. The third kappa shape index (κ3) is 5.31. The summed E-state index contributed by atoms with van der Waals surface area (Å²) < 4.78 is 34.9. The summed E-state index contributed by atoms with van der Waals surface area (Å²) >= 11 is 1.13. The molecule has 0 saturated heterocycles. The Morgan fingerprint density at radius 1 is 1.14 bits per heavy atom. The summed E-state index contributed by atoms with van der Waals surface area (Å²) in [5.41, 5.74) is 1.55. The van der Waals surface area contributed by atoms with Crippen molar-refractivity contribution in [2.75, 3.05) is 14.2 Å². The van der Waals surface area contributed by atoms with Crippen LogP contribution < -0.4 is 9.54 Å². The summed E-state index contributed by atoms with van der Waals surface area (Å²) in [7, 11) is -0.843. The molecule has 12 heteroatoms. The highest BCUT2D eigenvalue weighted by atomic mass is 32.2. The normalized spacial score (nSPS) is 12.3. The smallest absolute Gasteiger partial charge is 0.279 e. The van der Waals surface area contributed by atoms with Gasteiger partial charge in [0.1, 0.15) is 5.52 Å². The fourth-order valence-corrected chi connectivity index (χ4v) is 6.13. The molecule has 0 aliphatic rings. The molecule has 1 amide bonds. The van der Waals surface area contributed by atoms with Gasteiger partial charge in [-0.15, -0.1) is 0 Å². The van der Waals surface area contributed by atoms with Crippen LogP contribution in [0.5, 0.6) is 5.75 Å². The zero-order chi connectivity index (χ0) is 26.7. The van der Waals surface area contributed by atoms with Gasteiger partial charge in [-0.05, 0) is 36.8 Å². The average molecular weight is 541 g/mol. The second-order valence-corrected chi connectivity index (χ2v) is 11.1. The van der Waals surface area contributed by atoms with E-state index < -0.39 is 20.9 Å². The van der Waals surface area contributed by atoms with Crippen molar-refractivity contribution in [2.24, 2.45) is 4.99 Å². The summed E-state index contributed by atoms with van der Waals surface area (Å²) in [5.74, 6) is -0.255. The van der Waals surface area contributed by atoms with Crippen LogP contribution in [-0.2, 0) is 23.1 Å². The number of carbonyl (C=O) groups excluding carboxylic acids is 1. The molecule has 4 rings (SSSR count). The minimum atomic E-state index is -3.76. The lowest BCUT2D eigenvalue weighted by atomic mass is 10.2. The molecule has 1 aromatic heterocycles. The molecule has 0 saturated carbocycles. The van der Waals surface area contributed by atoms with Gasteiger partial charge in [0.15, 0.2) is 10.6 Å². The van der Waals surface area contributed by atoms with Gasteiger partial charge in [-0.3, -0.25) is 14.9 Å². The maximum absolute atomic E-state index is 13.0. The predicted octanol–water partition coefficient (Wildman–Crippen LogP) is 4.20. The van der Waals surface area contributed by atoms with E-state index in [1.54, 1.807) is 4.57 Å². The van der Waals surface area contributed by atoms with E-state index >= 15 is 0 Å². The molecular formula is C25H24N4O6S2. The highest BCUT2D eigenvalue weighted by molar-refractivity contribution is 7.89. The van der Waals surface area contributed by atoms with Gasteiger partial charge < -0.3 is 9.30 Å². The van der Waals surface area contributed by atoms with Crippen LogP contribution in [0.1, 0.15) is 22.8 Å². The quantitative estimate of drug-likeness (QED) is 0.244. The number of ether oxygens (including phenoxy) is 1. The van der Waals surface area contributed by atoms with Crippen LogP contribution in [0.15, 0.2) is 76.6 Å². The summed E-state index contributed by atoms with van der Waals surface area (Å²) in [6.45, 7) is 2.52. The van der Waals surface area contributed by atoms with E-state index in [0.29, 0.717) is 27.3 Å². The largest absolute Gasteiger partial charge is 0.494 e. The lowest BCUT2D eigenvalue weighted by Crippen LogP contribution is -2.26. The number of amides is 1.